The molecule has 0 atom stereocenters. The third kappa shape index (κ3) is 1.83. The van der Waals surface area contributed by atoms with Crippen molar-refractivity contribution in [3.63, 3.8) is 0 Å². The molecule has 80 valence electrons. The largest absolute Gasteiger partial charge is 0.493 e. The average Bonchev–Trinajstić information content (AvgIpc) is 2.69. The van der Waals surface area contributed by atoms with Crippen molar-refractivity contribution in [2.45, 2.75) is 12.8 Å². The first-order valence-corrected chi connectivity index (χ1v) is 5.00. The lowest BCUT2D eigenvalue weighted by Gasteiger charge is -2.00. The average molecular weight is 206 g/mol. The second kappa shape index (κ2) is 4.36. The number of aryl methyl sites for hydroxylation is 1. The number of aliphatic hydroxyl groups excluding tert-OH is 1. The number of methoxy groups -OCH3 is 1. The fourth-order valence-corrected chi connectivity index (χ4v) is 1.71. The number of hydrogen-bond donors (Lipinski definition) is 1. The van der Waals surface area contributed by atoms with Crippen LogP contribution in [0, 0.1) is 0 Å². The Labute approximate surface area is 88.3 Å². The molecule has 3 nitrogen and oxygen atoms in total. The number of rotatable bonds is 4. The summed E-state index contributed by atoms with van der Waals surface area (Å²) < 4.78 is 10.7. The normalized spacial score (nSPS) is 10.8. The molecule has 0 saturated carbocycles. The van der Waals surface area contributed by atoms with E-state index >= 15 is 0 Å². The molecule has 0 fully saturated rings. The van der Waals surface area contributed by atoms with E-state index in [0.717, 1.165) is 35.1 Å². The van der Waals surface area contributed by atoms with Gasteiger partial charge in [-0.1, -0.05) is 12.1 Å². The first-order valence-electron chi connectivity index (χ1n) is 5.00. The highest BCUT2D eigenvalue weighted by molar-refractivity contribution is 5.86. The standard InChI is InChI=1S/C12H14O3/c1-14-11-6-2-5-10-9(4-3-7-13)8-15-12(10)11/h2,5-6,8,13H,3-4,7H2,1H3. The van der Waals surface area contributed by atoms with Crippen molar-refractivity contribution in [2.75, 3.05) is 13.7 Å². The predicted molar refractivity (Wildman–Crippen MR) is 58.2 cm³/mol. The minimum atomic E-state index is 0.205. The van der Waals surface area contributed by atoms with Gasteiger partial charge in [-0.2, -0.15) is 0 Å². The summed E-state index contributed by atoms with van der Waals surface area (Å²) in [7, 11) is 1.63. The van der Waals surface area contributed by atoms with Crippen molar-refractivity contribution in [3.05, 3.63) is 30.0 Å². The molecule has 2 rings (SSSR count). The van der Waals surface area contributed by atoms with Gasteiger partial charge >= 0.3 is 0 Å². The Hall–Kier alpha value is -1.48. The third-order valence-electron chi connectivity index (χ3n) is 2.47. The fraction of sp³-hybridized carbons (Fsp3) is 0.333. The first kappa shape index (κ1) is 10.1. The predicted octanol–water partition coefficient (Wildman–Crippen LogP) is 2.37. The van der Waals surface area contributed by atoms with Crippen LogP contribution in [-0.2, 0) is 6.42 Å². The summed E-state index contributed by atoms with van der Waals surface area (Å²) in [4.78, 5) is 0. The molecule has 1 aromatic heterocycles. The van der Waals surface area contributed by atoms with Crippen molar-refractivity contribution in [1.29, 1.82) is 0 Å². The van der Waals surface area contributed by atoms with Crippen molar-refractivity contribution in [3.8, 4) is 5.75 Å². The molecule has 0 aliphatic carbocycles. The smallest absolute Gasteiger partial charge is 0.175 e. The zero-order valence-corrected chi connectivity index (χ0v) is 8.69. The summed E-state index contributed by atoms with van der Waals surface area (Å²) in [5, 5.41) is 9.85. The second-order valence-corrected chi connectivity index (χ2v) is 3.43. The minimum Gasteiger partial charge on any atom is -0.493 e. The van der Waals surface area contributed by atoms with Gasteiger partial charge in [-0.25, -0.2) is 0 Å². The quantitative estimate of drug-likeness (QED) is 0.835. The third-order valence-corrected chi connectivity index (χ3v) is 2.47. The Balaban J connectivity index is 2.42. The van der Waals surface area contributed by atoms with Gasteiger partial charge in [0.05, 0.1) is 13.4 Å². The molecule has 1 N–H and O–H groups in total. The Morgan fingerprint density at radius 2 is 2.27 bits per heavy atom. The van der Waals surface area contributed by atoms with Crippen molar-refractivity contribution < 1.29 is 14.3 Å². The summed E-state index contributed by atoms with van der Waals surface area (Å²) >= 11 is 0. The lowest BCUT2D eigenvalue weighted by molar-refractivity contribution is 0.288. The van der Waals surface area contributed by atoms with Crippen LogP contribution in [0.3, 0.4) is 0 Å². The fourth-order valence-electron chi connectivity index (χ4n) is 1.71. The van der Waals surface area contributed by atoms with Crippen LogP contribution < -0.4 is 4.74 Å². The van der Waals surface area contributed by atoms with E-state index in [1.54, 1.807) is 13.4 Å². The van der Waals surface area contributed by atoms with Gasteiger partial charge in [-0.3, -0.25) is 0 Å². The topological polar surface area (TPSA) is 42.6 Å². The maximum absolute atomic E-state index is 8.78. The van der Waals surface area contributed by atoms with E-state index < -0.39 is 0 Å². The number of para-hydroxylation sites is 1. The van der Waals surface area contributed by atoms with E-state index in [4.69, 9.17) is 14.3 Å². The van der Waals surface area contributed by atoms with Gasteiger partial charge in [0.1, 0.15) is 0 Å². The highest BCUT2D eigenvalue weighted by Crippen LogP contribution is 2.29. The molecule has 0 bridgehead atoms. The molecule has 0 spiro atoms. The molecule has 0 saturated heterocycles. The lowest BCUT2D eigenvalue weighted by Crippen LogP contribution is -1.88. The molecule has 15 heavy (non-hydrogen) atoms. The van der Waals surface area contributed by atoms with Crippen LogP contribution in [0.1, 0.15) is 12.0 Å². The number of fused-ring (bicyclic) bond motifs is 1. The van der Waals surface area contributed by atoms with Crippen LogP contribution in [-0.4, -0.2) is 18.8 Å². The number of ether oxygens (including phenoxy) is 1. The molecule has 0 amide bonds. The van der Waals surface area contributed by atoms with Gasteiger partial charge in [0.2, 0.25) is 0 Å². The van der Waals surface area contributed by atoms with Crippen LogP contribution in [0.15, 0.2) is 28.9 Å². The van der Waals surface area contributed by atoms with E-state index in [2.05, 4.69) is 0 Å². The van der Waals surface area contributed by atoms with Gasteiger partial charge in [0.15, 0.2) is 11.3 Å². The molecular weight excluding hydrogens is 192 g/mol. The van der Waals surface area contributed by atoms with Gasteiger partial charge in [-0.05, 0) is 24.5 Å². The summed E-state index contributed by atoms with van der Waals surface area (Å²) in [6.45, 7) is 0.205. The van der Waals surface area contributed by atoms with Gasteiger partial charge in [0, 0.05) is 12.0 Å². The highest BCUT2D eigenvalue weighted by Gasteiger charge is 2.09. The number of hydrogen-bond acceptors (Lipinski definition) is 3. The maximum atomic E-state index is 8.78. The molecule has 0 unspecified atom stereocenters. The molecule has 1 heterocycles. The highest BCUT2D eigenvalue weighted by atomic mass is 16.5. The van der Waals surface area contributed by atoms with E-state index in [1.807, 2.05) is 18.2 Å². The van der Waals surface area contributed by atoms with Gasteiger partial charge in [-0.15, -0.1) is 0 Å². The monoisotopic (exact) mass is 206 g/mol. The summed E-state index contributed by atoms with van der Waals surface area (Å²) in [6.07, 6.45) is 3.32. The number of aliphatic hydroxyl groups is 1. The summed E-state index contributed by atoms with van der Waals surface area (Å²) in [5.41, 5.74) is 1.91. The van der Waals surface area contributed by atoms with E-state index in [9.17, 15) is 0 Å². The van der Waals surface area contributed by atoms with Crippen LogP contribution in [0.4, 0.5) is 0 Å². The van der Waals surface area contributed by atoms with Crippen LogP contribution in [0.25, 0.3) is 11.0 Å². The minimum absolute atomic E-state index is 0.205. The second-order valence-electron chi connectivity index (χ2n) is 3.43. The van der Waals surface area contributed by atoms with Crippen LogP contribution in [0.5, 0.6) is 5.75 Å². The molecule has 0 aliphatic heterocycles. The lowest BCUT2D eigenvalue weighted by atomic mass is 10.1. The van der Waals surface area contributed by atoms with E-state index in [0.29, 0.717) is 0 Å². The summed E-state index contributed by atoms with van der Waals surface area (Å²) in [6, 6.07) is 5.83. The van der Waals surface area contributed by atoms with Gasteiger partial charge in [0.25, 0.3) is 0 Å². The van der Waals surface area contributed by atoms with Crippen molar-refractivity contribution >= 4 is 11.0 Å². The molecular formula is C12H14O3. The molecule has 0 aliphatic rings. The summed E-state index contributed by atoms with van der Waals surface area (Å²) in [5.74, 6) is 0.753. The Morgan fingerprint density at radius 1 is 1.40 bits per heavy atom. The van der Waals surface area contributed by atoms with Gasteiger partial charge < -0.3 is 14.3 Å². The molecule has 1 aromatic carbocycles. The zero-order valence-electron chi connectivity index (χ0n) is 8.69. The SMILES string of the molecule is COc1cccc2c(CCCO)coc12. The zero-order chi connectivity index (χ0) is 10.7. The van der Waals surface area contributed by atoms with Crippen LogP contribution >= 0.6 is 0 Å². The van der Waals surface area contributed by atoms with Crippen molar-refractivity contribution in [1.82, 2.24) is 0 Å². The molecule has 2 aromatic rings. The Kier molecular flexibility index (Phi) is 2.92. The maximum Gasteiger partial charge on any atom is 0.175 e. The molecule has 0 radical (unpaired) electrons. The first-order chi connectivity index (χ1) is 7.36. The van der Waals surface area contributed by atoms with Crippen molar-refractivity contribution in [2.24, 2.45) is 0 Å². The van der Waals surface area contributed by atoms with E-state index in [1.165, 1.54) is 0 Å². The van der Waals surface area contributed by atoms with Crippen LogP contribution in [0.2, 0.25) is 0 Å². The molecule has 3 heteroatoms. The Bertz CT molecular complexity index is 445. The number of furan rings is 1. The Morgan fingerprint density at radius 3 is 3.00 bits per heavy atom. The van der Waals surface area contributed by atoms with E-state index in [-0.39, 0.29) is 6.61 Å². The number of benzene rings is 1.